The second-order valence-corrected chi connectivity index (χ2v) is 9.47. The first-order valence-electron chi connectivity index (χ1n) is 11.5. The van der Waals surface area contributed by atoms with Gasteiger partial charge in [-0.25, -0.2) is 4.79 Å². The van der Waals surface area contributed by atoms with Crippen molar-refractivity contribution in [2.45, 2.75) is 39.7 Å². The number of nitrogens with zero attached hydrogens (tertiary/aromatic N) is 1. The number of amides is 1. The maximum absolute atomic E-state index is 13.0. The summed E-state index contributed by atoms with van der Waals surface area (Å²) in [5, 5.41) is 2.98. The third-order valence-corrected chi connectivity index (χ3v) is 7.35. The average molecular weight is 463 g/mol. The largest absolute Gasteiger partial charge is 0.462 e. The van der Waals surface area contributed by atoms with Crippen molar-refractivity contribution in [1.82, 2.24) is 4.90 Å². The number of esters is 1. The van der Waals surface area contributed by atoms with Gasteiger partial charge in [-0.15, -0.1) is 11.3 Å². The van der Waals surface area contributed by atoms with Gasteiger partial charge in [0, 0.05) is 22.0 Å². The number of rotatable bonds is 7. The van der Waals surface area contributed by atoms with Gasteiger partial charge in [-0.3, -0.25) is 9.69 Å². The van der Waals surface area contributed by atoms with Crippen LogP contribution in [0, 0.1) is 6.92 Å². The van der Waals surface area contributed by atoms with Crippen LogP contribution in [-0.2, 0) is 22.4 Å². The van der Waals surface area contributed by atoms with Gasteiger partial charge in [0.1, 0.15) is 0 Å². The predicted octanol–water partition coefficient (Wildman–Crippen LogP) is 5.38. The molecule has 2 aromatic carbocycles. The zero-order valence-corrected chi connectivity index (χ0v) is 20.2. The summed E-state index contributed by atoms with van der Waals surface area (Å²) < 4.78 is 5.02. The molecule has 1 atom stereocenters. The van der Waals surface area contributed by atoms with E-state index in [-0.39, 0.29) is 17.9 Å². The minimum Gasteiger partial charge on any atom is -0.462 e. The van der Waals surface area contributed by atoms with Gasteiger partial charge < -0.3 is 10.1 Å². The first-order chi connectivity index (χ1) is 16.0. The van der Waals surface area contributed by atoms with Crippen molar-refractivity contribution >= 4 is 28.9 Å². The van der Waals surface area contributed by atoms with Crippen LogP contribution in [0.5, 0.6) is 0 Å². The molecule has 6 heteroatoms. The Bertz CT molecular complexity index is 1120. The van der Waals surface area contributed by atoms with Crippen molar-refractivity contribution < 1.29 is 14.3 Å². The fraction of sp³-hybridized carbons (Fsp3) is 0.333. The molecule has 0 radical (unpaired) electrons. The topological polar surface area (TPSA) is 58.6 Å². The van der Waals surface area contributed by atoms with E-state index >= 15 is 0 Å². The van der Waals surface area contributed by atoms with Crippen molar-refractivity contribution in [3.8, 4) is 0 Å². The van der Waals surface area contributed by atoms with Crippen LogP contribution < -0.4 is 5.32 Å². The van der Waals surface area contributed by atoms with Gasteiger partial charge in [-0.1, -0.05) is 37.3 Å². The number of ether oxygens (including phenoxy) is 1. The van der Waals surface area contributed by atoms with Crippen molar-refractivity contribution in [2.75, 3.05) is 25.0 Å². The molecular formula is C27H30N2O3S. The molecule has 0 spiro atoms. The van der Waals surface area contributed by atoms with Gasteiger partial charge >= 0.3 is 5.97 Å². The highest BCUT2D eigenvalue weighted by atomic mass is 32.1. The van der Waals surface area contributed by atoms with Crippen LogP contribution in [-0.4, -0.2) is 36.5 Å². The molecule has 1 N–H and O–H groups in total. The lowest BCUT2D eigenvalue weighted by atomic mass is 9.91. The number of nitrogens with one attached hydrogen (secondary N) is 1. The van der Waals surface area contributed by atoms with Crippen LogP contribution in [0.4, 0.5) is 5.69 Å². The SMILES string of the molecule is CCOC(=O)c1ccc(NC(=O)CN2CCc3c(sc(C)c3CC)C2c2ccccc2)cc1. The Morgan fingerprint density at radius 1 is 1.09 bits per heavy atom. The Morgan fingerprint density at radius 2 is 1.82 bits per heavy atom. The summed E-state index contributed by atoms with van der Waals surface area (Å²) in [6.07, 6.45) is 2.01. The Balaban J connectivity index is 1.52. The summed E-state index contributed by atoms with van der Waals surface area (Å²) in [4.78, 5) is 29.9. The number of anilines is 1. The van der Waals surface area contributed by atoms with Crippen molar-refractivity contribution in [1.29, 1.82) is 0 Å². The van der Waals surface area contributed by atoms with Crippen LogP contribution in [0.25, 0.3) is 0 Å². The third-order valence-electron chi connectivity index (χ3n) is 6.11. The molecule has 172 valence electrons. The minimum atomic E-state index is -0.358. The van der Waals surface area contributed by atoms with Gasteiger partial charge in [-0.2, -0.15) is 0 Å². The quantitative estimate of drug-likeness (QED) is 0.479. The van der Waals surface area contributed by atoms with Crippen molar-refractivity contribution in [2.24, 2.45) is 0 Å². The van der Waals surface area contributed by atoms with Gasteiger partial charge in [0.25, 0.3) is 0 Å². The molecule has 1 amide bonds. The number of hydrogen-bond acceptors (Lipinski definition) is 5. The first kappa shape index (κ1) is 23.2. The predicted molar refractivity (Wildman–Crippen MR) is 133 cm³/mol. The molecule has 0 aliphatic carbocycles. The fourth-order valence-corrected chi connectivity index (χ4v) is 6.08. The lowest BCUT2D eigenvalue weighted by Gasteiger charge is -2.36. The van der Waals surface area contributed by atoms with E-state index in [1.807, 2.05) is 17.4 Å². The van der Waals surface area contributed by atoms with Gasteiger partial charge in [0.05, 0.1) is 24.8 Å². The number of fused-ring (bicyclic) bond motifs is 1. The molecule has 0 saturated heterocycles. The Morgan fingerprint density at radius 3 is 2.48 bits per heavy atom. The van der Waals surface area contributed by atoms with Crippen molar-refractivity contribution in [3.05, 3.63) is 86.6 Å². The Kier molecular flexibility index (Phi) is 7.26. The zero-order chi connectivity index (χ0) is 23.4. The molecule has 0 saturated carbocycles. The molecule has 1 unspecified atom stereocenters. The highest BCUT2D eigenvalue weighted by molar-refractivity contribution is 7.12. The molecular weight excluding hydrogens is 432 g/mol. The van der Waals surface area contributed by atoms with Crippen molar-refractivity contribution in [3.63, 3.8) is 0 Å². The van der Waals surface area contributed by atoms with Crippen LogP contribution in [0.3, 0.4) is 0 Å². The number of carbonyl (C=O) groups is 2. The monoisotopic (exact) mass is 462 g/mol. The first-order valence-corrected chi connectivity index (χ1v) is 12.3. The van der Waals surface area contributed by atoms with Crippen LogP contribution in [0.1, 0.15) is 56.7 Å². The molecule has 4 rings (SSSR count). The smallest absolute Gasteiger partial charge is 0.338 e. The van der Waals surface area contributed by atoms with E-state index in [1.54, 1.807) is 31.2 Å². The van der Waals surface area contributed by atoms with E-state index in [0.29, 0.717) is 24.4 Å². The minimum absolute atomic E-state index is 0.0627. The molecule has 5 nitrogen and oxygen atoms in total. The van der Waals surface area contributed by atoms with Crippen LogP contribution in [0.2, 0.25) is 0 Å². The molecule has 3 aromatic rings. The molecule has 1 aliphatic heterocycles. The number of thiophene rings is 1. The van der Waals surface area contributed by atoms with Gasteiger partial charge in [0.15, 0.2) is 0 Å². The fourth-order valence-electron chi connectivity index (χ4n) is 4.61. The molecule has 1 aromatic heterocycles. The third kappa shape index (κ3) is 5.02. The van der Waals surface area contributed by atoms with Crippen LogP contribution >= 0.6 is 11.3 Å². The summed E-state index contributed by atoms with van der Waals surface area (Å²) >= 11 is 1.87. The standard InChI is InChI=1S/C27H30N2O3S/c1-4-22-18(3)33-26-23(22)15-16-29(25(26)19-9-7-6-8-10-19)17-24(30)28-21-13-11-20(12-14-21)27(31)32-5-2/h6-14,25H,4-5,15-17H2,1-3H3,(H,28,30). The number of carbonyl (C=O) groups excluding carboxylic acids is 2. The molecule has 33 heavy (non-hydrogen) atoms. The van der Waals surface area contributed by atoms with E-state index < -0.39 is 0 Å². The Hall–Kier alpha value is -2.96. The molecule has 2 heterocycles. The summed E-state index contributed by atoms with van der Waals surface area (Å²) in [7, 11) is 0. The van der Waals surface area contributed by atoms with Crippen LogP contribution in [0.15, 0.2) is 54.6 Å². The maximum atomic E-state index is 13.0. The second-order valence-electron chi connectivity index (χ2n) is 8.21. The van der Waals surface area contributed by atoms with Gasteiger partial charge in [0.2, 0.25) is 5.91 Å². The van der Waals surface area contributed by atoms with E-state index in [0.717, 1.165) is 19.4 Å². The zero-order valence-electron chi connectivity index (χ0n) is 19.4. The summed E-state index contributed by atoms with van der Waals surface area (Å²) in [6, 6.07) is 17.4. The number of hydrogen-bond donors (Lipinski definition) is 1. The molecule has 0 bridgehead atoms. The van der Waals surface area contributed by atoms with E-state index in [1.165, 1.54) is 26.4 Å². The van der Waals surface area contributed by atoms with E-state index in [4.69, 9.17) is 4.74 Å². The maximum Gasteiger partial charge on any atom is 0.338 e. The van der Waals surface area contributed by atoms with E-state index in [2.05, 4.69) is 48.3 Å². The summed E-state index contributed by atoms with van der Waals surface area (Å²) in [5.74, 6) is -0.421. The second kappa shape index (κ2) is 10.3. The molecule has 1 aliphatic rings. The number of aryl methyl sites for hydroxylation is 1. The lowest BCUT2D eigenvalue weighted by Crippen LogP contribution is -2.40. The lowest BCUT2D eigenvalue weighted by molar-refractivity contribution is -0.117. The number of benzene rings is 2. The summed E-state index contributed by atoms with van der Waals surface area (Å²) in [5.41, 5.74) is 5.31. The normalized spacial score (nSPS) is 15.7. The Labute approximate surface area is 199 Å². The molecule has 0 fully saturated rings. The summed E-state index contributed by atoms with van der Waals surface area (Å²) in [6.45, 7) is 7.68. The van der Waals surface area contributed by atoms with Gasteiger partial charge in [-0.05, 0) is 67.6 Å². The highest BCUT2D eigenvalue weighted by Gasteiger charge is 2.33. The highest BCUT2D eigenvalue weighted by Crippen LogP contribution is 2.42. The van der Waals surface area contributed by atoms with E-state index in [9.17, 15) is 9.59 Å². The average Bonchev–Trinajstić information content (AvgIpc) is 3.14.